The highest BCUT2D eigenvalue weighted by molar-refractivity contribution is 9.10. The first-order valence-corrected chi connectivity index (χ1v) is 14.5. The molecule has 0 spiro atoms. The maximum absolute atomic E-state index is 10.3. The summed E-state index contributed by atoms with van der Waals surface area (Å²) in [7, 11) is 0. The highest BCUT2D eigenvalue weighted by atomic mass is 79.9. The van der Waals surface area contributed by atoms with Gasteiger partial charge in [0, 0.05) is 14.4 Å². The predicted octanol–water partition coefficient (Wildman–Crippen LogP) is 9.95. The number of hydrogen-bond acceptors (Lipinski definition) is 2. The van der Waals surface area contributed by atoms with E-state index >= 15 is 0 Å². The first-order valence-electron chi connectivity index (χ1n) is 12.9. The quantitative estimate of drug-likeness (QED) is 0.277. The van der Waals surface area contributed by atoms with Crippen molar-refractivity contribution in [1.82, 2.24) is 0 Å². The zero-order valence-electron chi connectivity index (χ0n) is 23.1. The number of aromatic hydroxyl groups is 1. The number of halogens is 2. The molecule has 0 aliphatic carbocycles. The third kappa shape index (κ3) is 6.44. The largest absolute Gasteiger partial charge is 0.507 e. The van der Waals surface area contributed by atoms with Crippen molar-refractivity contribution < 1.29 is 10.2 Å². The molecule has 0 atom stereocenters. The lowest BCUT2D eigenvalue weighted by atomic mass is 9.69. The van der Waals surface area contributed by atoms with Crippen LogP contribution in [0, 0.1) is 27.7 Å². The Balaban J connectivity index is 0.000000281. The topological polar surface area (TPSA) is 40.5 Å². The van der Waals surface area contributed by atoms with Crippen LogP contribution in [0.2, 0.25) is 0 Å². The number of phenols is 1. The molecule has 0 saturated heterocycles. The summed E-state index contributed by atoms with van der Waals surface area (Å²) in [5.41, 5.74) is 7.34. The number of aryl methyl sites for hydroxylation is 4. The van der Waals surface area contributed by atoms with E-state index in [0.717, 1.165) is 51.3 Å². The van der Waals surface area contributed by atoms with Gasteiger partial charge < -0.3 is 10.2 Å². The molecule has 36 heavy (non-hydrogen) atoms. The van der Waals surface area contributed by atoms with Crippen molar-refractivity contribution in [1.29, 1.82) is 0 Å². The SMILES string of the molecule is CCC(CC)(c1ccc(Br)c(C)c1)c1cc(C)c(O)c(C)c1.CCC(O)(CC)c1ccc(Br)c(C)c1. The van der Waals surface area contributed by atoms with E-state index in [2.05, 4.69) is 89.0 Å². The summed E-state index contributed by atoms with van der Waals surface area (Å²) in [6.45, 7) is 16.7. The fraction of sp³-hybridized carbons (Fsp3) is 0.438. The number of phenolic OH excluding ortho intramolecular Hbond substituents is 1. The molecule has 3 aromatic rings. The molecule has 3 aromatic carbocycles. The van der Waals surface area contributed by atoms with E-state index in [1.54, 1.807) is 0 Å². The number of hydrogen-bond donors (Lipinski definition) is 2. The second kappa shape index (κ2) is 12.8. The highest BCUT2D eigenvalue weighted by Crippen LogP contribution is 2.42. The van der Waals surface area contributed by atoms with Crippen LogP contribution in [-0.2, 0) is 11.0 Å². The summed E-state index contributed by atoms with van der Waals surface area (Å²) < 4.78 is 2.24. The van der Waals surface area contributed by atoms with Crippen LogP contribution in [-0.4, -0.2) is 10.2 Å². The van der Waals surface area contributed by atoms with E-state index in [9.17, 15) is 10.2 Å². The summed E-state index contributed by atoms with van der Waals surface area (Å²) in [6, 6.07) is 17.0. The Kier molecular flexibility index (Phi) is 10.8. The summed E-state index contributed by atoms with van der Waals surface area (Å²) >= 11 is 7.05. The third-order valence-corrected chi connectivity index (χ3v) is 9.61. The van der Waals surface area contributed by atoms with Gasteiger partial charge in [-0.15, -0.1) is 0 Å². The lowest BCUT2D eigenvalue weighted by molar-refractivity contribution is 0.0283. The Labute approximate surface area is 235 Å². The van der Waals surface area contributed by atoms with Gasteiger partial charge in [-0.05, 0) is 104 Å². The van der Waals surface area contributed by atoms with Crippen LogP contribution in [0.5, 0.6) is 5.75 Å². The maximum atomic E-state index is 10.3. The van der Waals surface area contributed by atoms with E-state index in [-0.39, 0.29) is 5.41 Å². The lowest BCUT2D eigenvalue weighted by Gasteiger charge is -2.34. The van der Waals surface area contributed by atoms with E-state index in [0.29, 0.717) is 5.75 Å². The van der Waals surface area contributed by atoms with E-state index in [1.165, 1.54) is 22.3 Å². The molecule has 196 valence electrons. The molecule has 0 amide bonds. The number of rotatable bonds is 7. The van der Waals surface area contributed by atoms with E-state index in [4.69, 9.17) is 0 Å². The molecule has 0 unspecified atom stereocenters. The molecule has 0 heterocycles. The molecule has 0 aromatic heterocycles. The van der Waals surface area contributed by atoms with Gasteiger partial charge in [-0.25, -0.2) is 0 Å². The van der Waals surface area contributed by atoms with Gasteiger partial charge in [-0.1, -0.05) is 96.0 Å². The van der Waals surface area contributed by atoms with E-state index < -0.39 is 5.60 Å². The van der Waals surface area contributed by atoms with E-state index in [1.807, 2.05) is 46.8 Å². The maximum Gasteiger partial charge on any atom is 0.121 e. The normalized spacial score (nSPS) is 11.8. The average molecular weight is 618 g/mol. The summed E-state index contributed by atoms with van der Waals surface area (Å²) in [5, 5.41) is 20.4. The molecule has 2 N–H and O–H groups in total. The summed E-state index contributed by atoms with van der Waals surface area (Å²) in [6.07, 6.45) is 3.58. The zero-order chi connectivity index (χ0) is 27.3. The molecular weight excluding hydrogens is 576 g/mol. The fourth-order valence-corrected chi connectivity index (χ4v) is 5.49. The third-order valence-electron chi connectivity index (χ3n) is 7.83. The molecule has 0 fully saturated rings. The van der Waals surface area contributed by atoms with Crippen molar-refractivity contribution in [2.45, 2.75) is 92.1 Å². The predicted molar refractivity (Wildman–Crippen MR) is 161 cm³/mol. The molecule has 4 heteroatoms. The van der Waals surface area contributed by atoms with Crippen LogP contribution in [0.3, 0.4) is 0 Å². The van der Waals surface area contributed by atoms with Crippen molar-refractivity contribution >= 4 is 31.9 Å². The Hall–Kier alpha value is -1.62. The number of benzene rings is 3. The van der Waals surface area contributed by atoms with Gasteiger partial charge in [0.2, 0.25) is 0 Å². The fourth-order valence-electron chi connectivity index (χ4n) is 5.00. The first kappa shape index (κ1) is 30.6. The van der Waals surface area contributed by atoms with Crippen LogP contribution < -0.4 is 0 Å². The Morgan fingerprint density at radius 1 is 0.583 bits per heavy atom. The molecule has 0 saturated carbocycles. The van der Waals surface area contributed by atoms with Crippen LogP contribution in [0.1, 0.15) is 92.3 Å². The van der Waals surface area contributed by atoms with Crippen LogP contribution in [0.15, 0.2) is 57.5 Å². The molecular formula is C32H42Br2O2. The Bertz CT molecular complexity index is 1150. The van der Waals surface area contributed by atoms with Gasteiger partial charge in [0.15, 0.2) is 0 Å². The van der Waals surface area contributed by atoms with Gasteiger partial charge in [-0.2, -0.15) is 0 Å². The van der Waals surface area contributed by atoms with Crippen LogP contribution in [0.25, 0.3) is 0 Å². The Morgan fingerprint density at radius 2 is 0.972 bits per heavy atom. The van der Waals surface area contributed by atoms with Crippen LogP contribution >= 0.6 is 31.9 Å². The molecule has 0 bridgehead atoms. The summed E-state index contributed by atoms with van der Waals surface area (Å²) in [5.74, 6) is 0.414. The van der Waals surface area contributed by atoms with Crippen molar-refractivity contribution in [3.05, 3.63) is 96.4 Å². The molecule has 0 radical (unpaired) electrons. The average Bonchev–Trinajstić information content (AvgIpc) is 2.87. The van der Waals surface area contributed by atoms with Crippen molar-refractivity contribution in [3.63, 3.8) is 0 Å². The van der Waals surface area contributed by atoms with Crippen molar-refractivity contribution in [2.24, 2.45) is 0 Å². The zero-order valence-corrected chi connectivity index (χ0v) is 26.3. The smallest absolute Gasteiger partial charge is 0.121 e. The van der Waals surface area contributed by atoms with Crippen molar-refractivity contribution in [3.8, 4) is 5.75 Å². The van der Waals surface area contributed by atoms with Crippen LogP contribution in [0.4, 0.5) is 0 Å². The van der Waals surface area contributed by atoms with Gasteiger partial charge in [0.1, 0.15) is 5.75 Å². The van der Waals surface area contributed by atoms with Gasteiger partial charge in [0.25, 0.3) is 0 Å². The molecule has 2 nitrogen and oxygen atoms in total. The second-order valence-corrected chi connectivity index (χ2v) is 11.6. The lowest BCUT2D eigenvalue weighted by Crippen LogP contribution is -2.26. The second-order valence-electron chi connectivity index (χ2n) is 9.91. The number of aliphatic hydroxyl groups is 1. The minimum atomic E-state index is -0.661. The van der Waals surface area contributed by atoms with Gasteiger partial charge >= 0.3 is 0 Å². The minimum Gasteiger partial charge on any atom is -0.507 e. The highest BCUT2D eigenvalue weighted by Gasteiger charge is 2.31. The standard InChI is InChI=1S/C20H25BrO.C12H17BrO/c1-6-20(7-2,16-8-9-18(21)13(3)10-16)17-11-14(4)19(22)15(5)12-17;1-4-12(14,5-2)10-6-7-11(13)9(3)8-10/h8-12,22H,6-7H2,1-5H3;6-8,14H,4-5H2,1-3H3. The molecule has 0 aliphatic rings. The molecule has 3 rings (SSSR count). The summed E-state index contributed by atoms with van der Waals surface area (Å²) in [4.78, 5) is 0. The van der Waals surface area contributed by atoms with Crippen molar-refractivity contribution in [2.75, 3.05) is 0 Å². The minimum absolute atomic E-state index is 0.00528. The Morgan fingerprint density at radius 3 is 1.36 bits per heavy atom. The van der Waals surface area contributed by atoms with Gasteiger partial charge in [-0.3, -0.25) is 0 Å². The molecule has 0 aliphatic heterocycles. The first-order chi connectivity index (χ1) is 16.9. The monoisotopic (exact) mass is 616 g/mol. The van der Waals surface area contributed by atoms with Gasteiger partial charge in [0.05, 0.1) is 5.60 Å².